The maximum absolute atomic E-state index is 11.9. The maximum Gasteiger partial charge on any atom is 0.328 e. The highest BCUT2D eigenvalue weighted by Gasteiger charge is 2.12. The first kappa shape index (κ1) is 20.1. The fourth-order valence-corrected chi connectivity index (χ4v) is 2.30. The van der Waals surface area contributed by atoms with E-state index in [-0.39, 0.29) is 0 Å². The van der Waals surface area contributed by atoms with E-state index in [4.69, 9.17) is 10.2 Å². The van der Waals surface area contributed by atoms with Gasteiger partial charge >= 0.3 is 11.9 Å². The van der Waals surface area contributed by atoms with Gasteiger partial charge in [0.25, 0.3) is 0 Å². The molecule has 0 unspecified atom stereocenters. The SMILES string of the molecule is O=C(O)/C=C\C(=O)Nc1ccccc1-c1ccccc1NC(=O)/C=C\C(=O)O. The van der Waals surface area contributed by atoms with Crippen LogP contribution in [0.2, 0.25) is 0 Å². The zero-order chi connectivity index (χ0) is 20.5. The smallest absolute Gasteiger partial charge is 0.328 e. The van der Waals surface area contributed by atoms with E-state index in [9.17, 15) is 19.2 Å². The number of hydrogen-bond acceptors (Lipinski definition) is 4. The van der Waals surface area contributed by atoms with Crippen molar-refractivity contribution in [2.75, 3.05) is 10.6 Å². The Bertz CT molecular complexity index is 899. The number of rotatable bonds is 7. The summed E-state index contributed by atoms with van der Waals surface area (Å²) in [6.45, 7) is 0. The van der Waals surface area contributed by atoms with Gasteiger partial charge in [-0.3, -0.25) is 9.59 Å². The van der Waals surface area contributed by atoms with Crippen molar-refractivity contribution in [3.8, 4) is 11.1 Å². The molecular weight excluding hydrogens is 364 g/mol. The second-order valence-corrected chi connectivity index (χ2v) is 5.41. The predicted octanol–water partition coefficient (Wildman–Crippen LogP) is 2.51. The quantitative estimate of drug-likeness (QED) is 0.546. The lowest BCUT2D eigenvalue weighted by Gasteiger charge is -2.14. The Labute approximate surface area is 159 Å². The monoisotopic (exact) mass is 380 g/mol. The fraction of sp³-hybridized carbons (Fsp3) is 0. The Morgan fingerprint density at radius 3 is 1.32 bits per heavy atom. The molecule has 0 saturated heterocycles. The van der Waals surface area contributed by atoms with Crippen molar-refractivity contribution >= 4 is 35.1 Å². The summed E-state index contributed by atoms with van der Waals surface area (Å²) in [5, 5.41) is 22.4. The van der Waals surface area contributed by atoms with Gasteiger partial charge in [0, 0.05) is 46.8 Å². The van der Waals surface area contributed by atoms with Crippen molar-refractivity contribution in [1.82, 2.24) is 0 Å². The lowest BCUT2D eigenvalue weighted by Crippen LogP contribution is -2.11. The molecule has 8 heteroatoms. The zero-order valence-corrected chi connectivity index (χ0v) is 14.5. The number of carboxylic acid groups (broad SMARTS) is 2. The minimum Gasteiger partial charge on any atom is -0.478 e. The fourth-order valence-electron chi connectivity index (χ4n) is 2.30. The van der Waals surface area contributed by atoms with E-state index in [1.807, 2.05) is 0 Å². The first-order valence-corrected chi connectivity index (χ1v) is 7.99. The first-order chi connectivity index (χ1) is 13.4. The van der Waals surface area contributed by atoms with Gasteiger partial charge in [0.1, 0.15) is 0 Å². The largest absolute Gasteiger partial charge is 0.478 e. The molecule has 0 bridgehead atoms. The highest BCUT2D eigenvalue weighted by atomic mass is 16.4. The molecule has 2 rings (SSSR count). The van der Waals surface area contributed by atoms with Crippen LogP contribution in [0.5, 0.6) is 0 Å². The van der Waals surface area contributed by atoms with Crippen LogP contribution < -0.4 is 10.6 Å². The van der Waals surface area contributed by atoms with Gasteiger partial charge in [0.05, 0.1) is 0 Å². The van der Waals surface area contributed by atoms with E-state index in [1.54, 1.807) is 48.5 Å². The highest BCUT2D eigenvalue weighted by Crippen LogP contribution is 2.33. The van der Waals surface area contributed by atoms with Crippen molar-refractivity contribution in [3.63, 3.8) is 0 Å². The molecule has 0 fully saturated rings. The average Bonchev–Trinajstić information content (AvgIpc) is 2.66. The molecule has 142 valence electrons. The first-order valence-electron chi connectivity index (χ1n) is 7.99. The minimum atomic E-state index is -1.24. The third-order valence-electron chi connectivity index (χ3n) is 3.41. The maximum atomic E-state index is 11.9. The van der Waals surface area contributed by atoms with Crippen molar-refractivity contribution in [2.24, 2.45) is 0 Å². The molecule has 0 radical (unpaired) electrons. The zero-order valence-electron chi connectivity index (χ0n) is 14.5. The molecule has 0 saturated carbocycles. The second-order valence-electron chi connectivity index (χ2n) is 5.41. The number of aliphatic carboxylic acids is 2. The summed E-state index contributed by atoms with van der Waals surface area (Å²) >= 11 is 0. The average molecular weight is 380 g/mol. The van der Waals surface area contributed by atoms with Crippen molar-refractivity contribution in [3.05, 3.63) is 72.8 Å². The van der Waals surface area contributed by atoms with Gasteiger partial charge < -0.3 is 20.8 Å². The molecule has 8 nitrogen and oxygen atoms in total. The topological polar surface area (TPSA) is 133 Å². The lowest BCUT2D eigenvalue weighted by molar-refractivity contribution is -0.132. The molecule has 0 atom stereocenters. The van der Waals surface area contributed by atoms with Crippen molar-refractivity contribution < 1.29 is 29.4 Å². The van der Waals surface area contributed by atoms with Crippen LogP contribution in [0.3, 0.4) is 0 Å². The Balaban J connectivity index is 2.33. The third-order valence-corrected chi connectivity index (χ3v) is 3.41. The molecule has 0 aliphatic carbocycles. The molecule has 0 spiro atoms. The molecule has 0 aliphatic heterocycles. The number of nitrogens with one attached hydrogen (secondary N) is 2. The number of carbonyl (C=O) groups is 4. The number of benzene rings is 2. The Morgan fingerprint density at radius 2 is 0.964 bits per heavy atom. The van der Waals surface area contributed by atoms with Gasteiger partial charge in [-0.1, -0.05) is 36.4 Å². The summed E-state index contributed by atoms with van der Waals surface area (Å²) < 4.78 is 0. The molecule has 2 amide bonds. The molecule has 4 N–H and O–H groups in total. The normalized spacial score (nSPS) is 10.7. The Hall–Kier alpha value is -4.20. The minimum absolute atomic E-state index is 0.408. The lowest BCUT2D eigenvalue weighted by atomic mass is 10.0. The molecule has 2 aromatic carbocycles. The summed E-state index contributed by atoms with van der Waals surface area (Å²) in [4.78, 5) is 44.9. The number of para-hydroxylation sites is 2. The van der Waals surface area contributed by atoms with Crippen LogP contribution >= 0.6 is 0 Å². The summed E-state index contributed by atoms with van der Waals surface area (Å²) in [7, 11) is 0. The van der Waals surface area contributed by atoms with Crippen LogP contribution in [-0.2, 0) is 19.2 Å². The molecule has 28 heavy (non-hydrogen) atoms. The van der Waals surface area contributed by atoms with Gasteiger partial charge in [-0.2, -0.15) is 0 Å². The Morgan fingerprint density at radius 1 is 0.607 bits per heavy atom. The number of carboxylic acids is 2. The summed E-state index contributed by atoms with van der Waals surface area (Å²) in [5.41, 5.74) is 1.98. The van der Waals surface area contributed by atoms with Gasteiger partial charge in [-0.15, -0.1) is 0 Å². The van der Waals surface area contributed by atoms with Gasteiger partial charge in [-0.25, -0.2) is 9.59 Å². The molecule has 0 aromatic heterocycles. The van der Waals surface area contributed by atoms with E-state index >= 15 is 0 Å². The van der Waals surface area contributed by atoms with E-state index in [0.717, 1.165) is 24.3 Å². The van der Waals surface area contributed by atoms with Crippen LogP contribution in [0, 0.1) is 0 Å². The Kier molecular flexibility index (Phi) is 6.81. The van der Waals surface area contributed by atoms with Gasteiger partial charge in [0.15, 0.2) is 0 Å². The number of hydrogen-bond donors (Lipinski definition) is 4. The van der Waals surface area contributed by atoms with Crippen LogP contribution in [0.25, 0.3) is 11.1 Å². The van der Waals surface area contributed by atoms with E-state index in [2.05, 4.69) is 10.6 Å². The van der Waals surface area contributed by atoms with Gasteiger partial charge in [0.2, 0.25) is 11.8 Å². The standard InChI is InChI=1S/C20H16N2O6/c23-17(9-11-19(25)26)21-15-7-3-1-5-13(15)14-6-2-4-8-16(14)22-18(24)10-12-20(27)28/h1-12H,(H,21,23)(H,22,24)(H,25,26)(H,27,28)/b11-9-,12-10-. The van der Waals surface area contributed by atoms with E-state index < -0.39 is 23.8 Å². The van der Waals surface area contributed by atoms with Gasteiger partial charge in [-0.05, 0) is 12.1 Å². The van der Waals surface area contributed by atoms with Crippen molar-refractivity contribution in [1.29, 1.82) is 0 Å². The van der Waals surface area contributed by atoms with E-state index in [1.165, 1.54) is 0 Å². The number of anilines is 2. The number of amides is 2. The van der Waals surface area contributed by atoms with Crippen LogP contribution in [0.15, 0.2) is 72.8 Å². The third kappa shape index (κ3) is 5.95. The second kappa shape index (κ2) is 9.48. The van der Waals surface area contributed by atoms with Crippen LogP contribution in [0.1, 0.15) is 0 Å². The van der Waals surface area contributed by atoms with Crippen LogP contribution in [-0.4, -0.2) is 34.0 Å². The summed E-state index contributed by atoms with van der Waals surface area (Å²) in [6.07, 6.45) is 3.23. The number of carbonyl (C=O) groups excluding carboxylic acids is 2. The van der Waals surface area contributed by atoms with Crippen molar-refractivity contribution in [2.45, 2.75) is 0 Å². The molecule has 0 aliphatic rings. The highest BCUT2D eigenvalue weighted by molar-refractivity contribution is 6.07. The molecule has 0 heterocycles. The summed E-state index contributed by atoms with van der Waals surface area (Å²) in [6, 6.07) is 13.5. The van der Waals surface area contributed by atoms with Crippen LogP contribution in [0.4, 0.5) is 11.4 Å². The summed E-state index contributed by atoms with van der Waals surface area (Å²) in [5.74, 6) is -3.74. The molecule has 2 aromatic rings. The van der Waals surface area contributed by atoms with E-state index in [0.29, 0.717) is 22.5 Å². The molecular formula is C20H16N2O6. The predicted molar refractivity (Wildman–Crippen MR) is 103 cm³/mol.